The Morgan fingerprint density at radius 2 is 2.24 bits per heavy atom. The third-order valence-corrected chi connectivity index (χ3v) is 4.57. The highest BCUT2D eigenvalue weighted by Gasteiger charge is 2.15. The van der Waals surface area contributed by atoms with E-state index in [1.54, 1.807) is 11.3 Å². The summed E-state index contributed by atoms with van der Waals surface area (Å²) in [5, 5.41) is 1.92. The minimum Gasteiger partial charge on any atom is -0.494 e. The number of hydrogen-bond donors (Lipinski definition) is 0. The summed E-state index contributed by atoms with van der Waals surface area (Å²) in [4.78, 5) is 1.15. The number of hydrogen-bond acceptors (Lipinski definition) is 2. The van der Waals surface area contributed by atoms with Gasteiger partial charge in [0.1, 0.15) is 5.75 Å². The van der Waals surface area contributed by atoms with Gasteiger partial charge in [-0.05, 0) is 36.1 Å². The highest BCUT2D eigenvalue weighted by atomic mass is 79.9. The fourth-order valence-corrected chi connectivity index (χ4v) is 3.41. The lowest BCUT2D eigenvalue weighted by Crippen LogP contribution is -1.95. The van der Waals surface area contributed by atoms with Crippen LogP contribution in [-0.4, -0.2) is 6.61 Å². The van der Waals surface area contributed by atoms with Crippen molar-refractivity contribution in [3.05, 3.63) is 50.6 Å². The van der Waals surface area contributed by atoms with Crippen molar-refractivity contribution >= 4 is 38.9 Å². The maximum Gasteiger partial charge on any atom is 0.120 e. The van der Waals surface area contributed by atoms with E-state index in [9.17, 15) is 0 Å². The number of rotatable bonds is 4. The van der Waals surface area contributed by atoms with E-state index in [0.717, 1.165) is 20.7 Å². The largest absolute Gasteiger partial charge is 0.494 e. The molecule has 1 nitrogen and oxygen atoms in total. The molecule has 0 saturated carbocycles. The van der Waals surface area contributed by atoms with Gasteiger partial charge in [-0.2, -0.15) is 0 Å². The summed E-state index contributed by atoms with van der Waals surface area (Å²) >= 11 is 11.7. The van der Waals surface area contributed by atoms with Gasteiger partial charge in [-0.15, -0.1) is 22.9 Å². The lowest BCUT2D eigenvalue weighted by Gasteiger charge is -2.12. The highest BCUT2D eigenvalue weighted by molar-refractivity contribution is 9.10. The Morgan fingerprint density at radius 3 is 2.82 bits per heavy atom. The van der Waals surface area contributed by atoms with E-state index in [1.165, 1.54) is 0 Å². The molecule has 0 bridgehead atoms. The Hall–Kier alpha value is -0.510. The van der Waals surface area contributed by atoms with Gasteiger partial charge in [-0.1, -0.05) is 28.1 Å². The summed E-state index contributed by atoms with van der Waals surface area (Å²) in [7, 11) is 0. The van der Waals surface area contributed by atoms with Crippen molar-refractivity contribution in [2.24, 2.45) is 0 Å². The van der Waals surface area contributed by atoms with Crippen LogP contribution in [-0.2, 0) is 0 Å². The Bertz CT molecular complexity index is 484. The van der Waals surface area contributed by atoms with Crippen LogP contribution in [0.2, 0.25) is 0 Å². The molecule has 90 valence electrons. The van der Waals surface area contributed by atoms with Gasteiger partial charge in [0.2, 0.25) is 0 Å². The third-order valence-electron chi connectivity index (χ3n) is 2.35. The van der Waals surface area contributed by atoms with Crippen LogP contribution in [0, 0.1) is 0 Å². The van der Waals surface area contributed by atoms with Crippen molar-refractivity contribution in [2.45, 2.75) is 12.3 Å². The second-order valence-corrected chi connectivity index (χ2v) is 5.76. The molecule has 2 aromatic rings. The SMILES string of the molecule is CCOc1ccc(C(Cl)c2cccs2)c(Br)c1. The van der Waals surface area contributed by atoms with E-state index in [1.807, 2.05) is 42.6 Å². The Morgan fingerprint density at radius 1 is 1.41 bits per heavy atom. The van der Waals surface area contributed by atoms with E-state index >= 15 is 0 Å². The average molecular weight is 332 g/mol. The monoisotopic (exact) mass is 330 g/mol. The van der Waals surface area contributed by atoms with Crippen LogP contribution >= 0.6 is 38.9 Å². The van der Waals surface area contributed by atoms with Crippen molar-refractivity contribution in [1.82, 2.24) is 0 Å². The summed E-state index contributed by atoms with van der Waals surface area (Å²) < 4.78 is 6.42. The zero-order chi connectivity index (χ0) is 12.3. The first kappa shape index (κ1) is 12.9. The van der Waals surface area contributed by atoms with Crippen LogP contribution in [0.15, 0.2) is 40.2 Å². The van der Waals surface area contributed by atoms with Gasteiger partial charge in [0.05, 0.1) is 12.0 Å². The van der Waals surface area contributed by atoms with Gasteiger partial charge in [0.15, 0.2) is 0 Å². The van der Waals surface area contributed by atoms with Crippen molar-refractivity contribution < 1.29 is 4.74 Å². The normalized spacial score (nSPS) is 12.4. The van der Waals surface area contributed by atoms with Gasteiger partial charge in [0.25, 0.3) is 0 Å². The predicted octanol–water partition coefficient (Wildman–Crippen LogP) is 5.24. The van der Waals surface area contributed by atoms with Gasteiger partial charge < -0.3 is 4.74 Å². The van der Waals surface area contributed by atoms with E-state index in [2.05, 4.69) is 15.9 Å². The second kappa shape index (κ2) is 5.89. The molecule has 1 atom stereocenters. The first-order valence-corrected chi connectivity index (χ1v) is 7.43. The molecular formula is C13H12BrClOS. The van der Waals surface area contributed by atoms with E-state index < -0.39 is 0 Å². The van der Waals surface area contributed by atoms with Gasteiger partial charge in [-0.3, -0.25) is 0 Å². The predicted molar refractivity (Wildman–Crippen MR) is 77.3 cm³/mol. The average Bonchev–Trinajstić information content (AvgIpc) is 2.82. The molecule has 0 aliphatic heterocycles. The molecular weight excluding hydrogens is 320 g/mol. The van der Waals surface area contributed by atoms with Crippen LogP contribution in [0.5, 0.6) is 5.75 Å². The Labute approximate surface area is 119 Å². The summed E-state index contributed by atoms with van der Waals surface area (Å²) in [5.74, 6) is 0.859. The number of alkyl halides is 1. The van der Waals surface area contributed by atoms with E-state index in [4.69, 9.17) is 16.3 Å². The fourth-order valence-electron chi connectivity index (χ4n) is 1.56. The van der Waals surface area contributed by atoms with E-state index in [-0.39, 0.29) is 5.38 Å². The van der Waals surface area contributed by atoms with Gasteiger partial charge in [0, 0.05) is 9.35 Å². The quantitative estimate of drug-likeness (QED) is 0.696. The molecule has 0 fully saturated rings. The number of benzene rings is 1. The topological polar surface area (TPSA) is 9.23 Å². The molecule has 1 aromatic heterocycles. The van der Waals surface area contributed by atoms with Crippen molar-refractivity contribution in [1.29, 1.82) is 0 Å². The fraction of sp³-hybridized carbons (Fsp3) is 0.231. The molecule has 1 heterocycles. The molecule has 1 aromatic carbocycles. The van der Waals surface area contributed by atoms with Crippen molar-refractivity contribution in [2.75, 3.05) is 6.61 Å². The summed E-state index contributed by atoms with van der Waals surface area (Å²) in [6, 6.07) is 9.98. The third kappa shape index (κ3) is 3.03. The Balaban J connectivity index is 2.27. The van der Waals surface area contributed by atoms with Crippen LogP contribution < -0.4 is 4.74 Å². The summed E-state index contributed by atoms with van der Waals surface area (Å²) in [6.07, 6.45) is 0. The molecule has 4 heteroatoms. The number of thiophene rings is 1. The molecule has 0 saturated heterocycles. The minimum absolute atomic E-state index is 0.111. The molecule has 1 unspecified atom stereocenters. The minimum atomic E-state index is -0.111. The second-order valence-electron chi connectivity index (χ2n) is 3.49. The van der Waals surface area contributed by atoms with Crippen molar-refractivity contribution in [3.8, 4) is 5.75 Å². The van der Waals surface area contributed by atoms with Crippen LogP contribution in [0.4, 0.5) is 0 Å². The lowest BCUT2D eigenvalue weighted by atomic mass is 10.1. The van der Waals surface area contributed by atoms with E-state index in [0.29, 0.717) is 6.61 Å². The molecule has 0 spiro atoms. The molecule has 2 rings (SSSR count). The first-order valence-electron chi connectivity index (χ1n) is 5.32. The molecule has 0 aliphatic carbocycles. The maximum absolute atomic E-state index is 6.45. The standard InChI is InChI=1S/C13H12BrClOS/c1-2-16-9-5-6-10(11(14)8-9)13(15)12-4-3-7-17-12/h3-8,13H,2H2,1H3. The zero-order valence-electron chi connectivity index (χ0n) is 9.32. The number of halogens is 2. The number of ether oxygens (including phenoxy) is 1. The Kier molecular flexibility index (Phi) is 4.48. The van der Waals surface area contributed by atoms with Crippen LogP contribution in [0.3, 0.4) is 0 Å². The summed E-state index contributed by atoms with van der Waals surface area (Å²) in [6.45, 7) is 2.64. The maximum atomic E-state index is 6.45. The smallest absolute Gasteiger partial charge is 0.120 e. The summed E-state index contributed by atoms with van der Waals surface area (Å²) in [5.41, 5.74) is 1.07. The van der Waals surface area contributed by atoms with Gasteiger partial charge in [-0.25, -0.2) is 0 Å². The first-order chi connectivity index (χ1) is 8.22. The van der Waals surface area contributed by atoms with Crippen molar-refractivity contribution in [3.63, 3.8) is 0 Å². The zero-order valence-corrected chi connectivity index (χ0v) is 12.5. The molecule has 0 radical (unpaired) electrons. The molecule has 17 heavy (non-hydrogen) atoms. The van der Waals surface area contributed by atoms with Crippen LogP contribution in [0.25, 0.3) is 0 Å². The van der Waals surface area contributed by atoms with Crippen LogP contribution in [0.1, 0.15) is 22.7 Å². The molecule has 0 N–H and O–H groups in total. The molecule has 0 amide bonds. The highest BCUT2D eigenvalue weighted by Crippen LogP contribution is 2.37. The lowest BCUT2D eigenvalue weighted by molar-refractivity contribution is 0.340. The molecule has 0 aliphatic rings. The van der Waals surface area contributed by atoms with Gasteiger partial charge >= 0.3 is 0 Å².